The summed E-state index contributed by atoms with van der Waals surface area (Å²) < 4.78 is 45.7. The highest BCUT2D eigenvalue weighted by Gasteiger charge is 2.42. The fraction of sp³-hybridized carbons (Fsp3) is 0.167. The molecule has 2 N–H and O–H groups in total. The van der Waals surface area contributed by atoms with Gasteiger partial charge in [0.05, 0.1) is 4.90 Å². The molecular formula is C18H16FNO5S. The lowest BCUT2D eigenvalue weighted by Crippen LogP contribution is -2.52. The lowest BCUT2D eigenvalue weighted by Gasteiger charge is -2.25. The SMILES string of the molecule is O=C(O)C1(NS(=O)(=O)c2ccc(Oc3ccc(F)cc3)cc2)CC=CC1. The van der Waals surface area contributed by atoms with Crippen LogP contribution in [0.25, 0.3) is 0 Å². The predicted octanol–water partition coefficient (Wildman–Crippen LogP) is 3.07. The highest BCUT2D eigenvalue weighted by molar-refractivity contribution is 7.89. The van der Waals surface area contributed by atoms with Crippen LogP contribution in [-0.4, -0.2) is 25.0 Å². The van der Waals surface area contributed by atoms with E-state index in [1.54, 1.807) is 12.2 Å². The first-order chi connectivity index (χ1) is 12.3. The Kier molecular flexibility index (Phi) is 4.80. The number of carbonyl (C=O) groups is 1. The van der Waals surface area contributed by atoms with Gasteiger partial charge in [0.25, 0.3) is 0 Å². The predicted molar refractivity (Wildman–Crippen MR) is 92.0 cm³/mol. The van der Waals surface area contributed by atoms with Gasteiger partial charge in [-0.3, -0.25) is 4.79 Å². The summed E-state index contributed by atoms with van der Waals surface area (Å²) in [4.78, 5) is 11.4. The molecule has 2 aromatic carbocycles. The van der Waals surface area contributed by atoms with Crippen LogP contribution in [0, 0.1) is 5.82 Å². The first kappa shape index (κ1) is 18.1. The molecule has 0 saturated heterocycles. The molecule has 0 unspecified atom stereocenters. The monoisotopic (exact) mass is 377 g/mol. The van der Waals surface area contributed by atoms with Gasteiger partial charge in [-0.05, 0) is 61.4 Å². The van der Waals surface area contributed by atoms with Gasteiger partial charge in [-0.2, -0.15) is 4.72 Å². The summed E-state index contributed by atoms with van der Waals surface area (Å²) in [5.74, 6) is -0.839. The average molecular weight is 377 g/mol. The molecule has 136 valence electrons. The van der Waals surface area contributed by atoms with Crippen molar-refractivity contribution in [3.8, 4) is 11.5 Å². The van der Waals surface area contributed by atoms with Gasteiger partial charge in [-0.1, -0.05) is 12.2 Å². The standard InChI is InChI=1S/C18H16FNO5S/c19-13-3-5-14(6-4-13)25-15-7-9-16(10-8-15)26(23,24)20-18(17(21)22)11-1-2-12-18/h1-10,20H,11-12H2,(H,21,22). The number of ether oxygens (including phenoxy) is 1. The number of halogens is 1. The number of carboxylic acids is 1. The van der Waals surface area contributed by atoms with Crippen molar-refractivity contribution in [3.05, 3.63) is 66.5 Å². The number of rotatable bonds is 6. The van der Waals surface area contributed by atoms with Crippen LogP contribution in [-0.2, 0) is 14.8 Å². The topological polar surface area (TPSA) is 92.7 Å². The van der Waals surface area contributed by atoms with E-state index in [1.165, 1.54) is 48.5 Å². The van der Waals surface area contributed by atoms with Crippen LogP contribution >= 0.6 is 0 Å². The molecule has 1 aliphatic carbocycles. The first-order valence-corrected chi connectivity index (χ1v) is 9.25. The Morgan fingerprint density at radius 1 is 1.00 bits per heavy atom. The average Bonchev–Trinajstić information content (AvgIpc) is 3.07. The summed E-state index contributed by atoms with van der Waals surface area (Å²) in [7, 11) is -4.02. The molecule has 0 saturated carbocycles. The lowest BCUT2D eigenvalue weighted by molar-refractivity contribution is -0.143. The Bertz CT molecular complexity index is 929. The van der Waals surface area contributed by atoms with Crippen LogP contribution in [0.1, 0.15) is 12.8 Å². The molecule has 8 heteroatoms. The fourth-order valence-corrected chi connectivity index (χ4v) is 3.98. The third-order valence-electron chi connectivity index (χ3n) is 4.02. The summed E-state index contributed by atoms with van der Waals surface area (Å²) in [6, 6.07) is 10.9. The summed E-state index contributed by atoms with van der Waals surface area (Å²) in [5.41, 5.74) is -1.55. The van der Waals surface area contributed by atoms with Gasteiger partial charge in [0.1, 0.15) is 22.9 Å². The molecule has 0 bridgehead atoms. The molecule has 0 aromatic heterocycles. The number of benzene rings is 2. The Morgan fingerprint density at radius 3 is 2.00 bits per heavy atom. The first-order valence-electron chi connectivity index (χ1n) is 7.77. The number of aliphatic carboxylic acids is 1. The van der Waals surface area contributed by atoms with E-state index in [9.17, 15) is 22.7 Å². The Hall–Kier alpha value is -2.71. The summed E-state index contributed by atoms with van der Waals surface area (Å²) in [6.45, 7) is 0. The minimum Gasteiger partial charge on any atom is -0.480 e. The van der Waals surface area contributed by atoms with Crippen LogP contribution in [0.2, 0.25) is 0 Å². The van der Waals surface area contributed by atoms with Crippen molar-refractivity contribution in [2.24, 2.45) is 0 Å². The van der Waals surface area contributed by atoms with E-state index >= 15 is 0 Å². The minimum atomic E-state index is -4.02. The van der Waals surface area contributed by atoms with E-state index in [0.717, 1.165) is 0 Å². The number of carboxylic acid groups (broad SMARTS) is 1. The molecule has 1 aliphatic rings. The van der Waals surface area contributed by atoms with Crippen molar-refractivity contribution >= 4 is 16.0 Å². The summed E-state index contributed by atoms with van der Waals surface area (Å²) >= 11 is 0. The molecule has 0 atom stereocenters. The Morgan fingerprint density at radius 2 is 1.50 bits per heavy atom. The molecule has 0 fully saturated rings. The maximum atomic E-state index is 12.9. The third kappa shape index (κ3) is 3.76. The lowest BCUT2D eigenvalue weighted by atomic mass is 9.99. The van der Waals surface area contributed by atoms with Crippen LogP contribution in [0.4, 0.5) is 4.39 Å². The van der Waals surface area contributed by atoms with Gasteiger partial charge in [-0.15, -0.1) is 0 Å². The maximum Gasteiger partial charge on any atom is 0.325 e. The zero-order chi connectivity index (χ0) is 18.8. The molecular weight excluding hydrogens is 361 g/mol. The van der Waals surface area contributed by atoms with Gasteiger partial charge < -0.3 is 9.84 Å². The van der Waals surface area contributed by atoms with E-state index in [1.807, 2.05) is 0 Å². The smallest absolute Gasteiger partial charge is 0.325 e. The highest BCUT2D eigenvalue weighted by atomic mass is 32.2. The van der Waals surface area contributed by atoms with Crippen LogP contribution in [0.3, 0.4) is 0 Å². The second-order valence-electron chi connectivity index (χ2n) is 5.90. The van der Waals surface area contributed by atoms with Crippen molar-refractivity contribution < 1.29 is 27.4 Å². The molecule has 0 spiro atoms. The Balaban J connectivity index is 1.76. The van der Waals surface area contributed by atoms with Crippen molar-refractivity contribution in [2.45, 2.75) is 23.3 Å². The van der Waals surface area contributed by atoms with Crippen molar-refractivity contribution in [1.29, 1.82) is 0 Å². The minimum absolute atomic E-state index is 0.0727. The Labute approximate surface area is 150 Å². The van der Waals surface area contributed by atoms with Crippen molar-refractivity contribution in [1.82, 2.24) is 4.72 Å². The van der Waals surface area contributed by atoms with E-state index < -0.39 is 27.3 Å². The van der Waals surface area contributed by atoms with E-state index in [2.05, 4.69) is 4.72 Å². The largest absolute Gasteiger partial charge is 0.480 e. The van der Waals surface area contributed by atoms with Crippen LogP contribution in [0.5, 0.6) is 11.5 Å². The van der Waals surface area contributed by atoms with Crippen LogP contribution in [0.15, 0.2) is 65.6 Å². The normalized spacial score (nSPS) is 15.7. The molecule has 26 heavy (non-hydrogen) atoms. The molecule has 0 amide bonds. The second kappa shape index (κ2) is 6.89. The van der Waals surface area contributed by atoms with Crippen molar-refractivity contribution in [3.63, 3.8) is 0 Å². The van der Waals surface area contributed by atoms with Gasteiger partial charge in [0.15, 0.2) is 0 Å². The zero-order valence-electron chi connectivity index (χ0n) is 13.6. The molecule has 0 aliphatic heterocycles. The number of hydrogen-bond acceptors (Lipinski definition) is 4. The van der Waals surface area contributed by atoms with Gasteiger partial charge in [-0.25, -0.2) is 12.8 Å². The second-order valence-corrected chi connectivity index (χ2v) is 7.58. The van der Waals surface area contributed by atoms with E-state index in [0.29, 0.717) is 11.5 Å². The zero-order valence-corrected chi connectivity index (χ0v) is 14.4. The van der Waals surface area contributed by atoms with E-state index in [4.69, 9.17) is 4.74 Å². The molecule has 2 aromatic rings. The number of sulfonamides is 1. The molecule has 0 heterocycles. The molecule has 6 nitrogen and oxygen atoms in total. The molecule has 3 rings (SSSR count). The van der Waals surface area contributed by atoms with Crippen LogP contribution < -0.4 is 9.46 Å². The van der Waals surface area contributed by atoms with Gasteiger partial charge in [0, 0.05) is 0 Å². The van der Waals surface area contributed by atoms with Gasteiger partial charge in [0.2, 0.25) is 10.0 Å². The van der Waals surface area contributed by atoms with Gasteiger partial charge >= 0.3 is 5.97 Å². The molecule has 0 radical (unpaired) electrons. The highest BCUT2D eigenvalue weighted by Crippen LogP contribution is 2.28. The number of hydrogen-bond donors (Lipinski definition) is 2. The summed E-state index contributed by atoms with van der Waals surface area (Å²) in [6.07, 6.45) is 3.45. The summed E-state index contributed by atoms with van der Waals surface area (Å²) in [5, 5.41) is 9.39. The van der Waals surface area contributed by atoms with E-state index in [-0.39, 0.29) is 17.7 Å². The number of nitrogens with one attached hydrogen (secondary N) is 1. The van der Waals surface area contributed by atoms with Crippen molar-refractivity contribution in [2.75, 3.05) is 0 Å². The quantitative estimate of drug-likeness (QED) is 0.755. The fourth-order valence-electron chi connectivity index (χ4n) is 2.60. The maximum absolute atomic E-state index is 12.9. The third-order valence-corrected chi connectivity index (χ3v) is 5.57.